The fourth-order valence-corrected chi connectivity index (χ4v) is 2.59. The summed E-state index contributed by atoms with van der Waals surface area (Å²) in [7, 11) is 0. The Labute approximate surface area is 172 Å². The molecule has 0 nitrogen and oxygen atoms in total. The minimum absolute atomic E-state index is 0.0174. The number of hydrogen-bond donors (Lipinski definition) is 0. The van der Waals surface area contributed by atoms with E-state index < -0.39 is 0 Å². The number of rotatable bonds is 2. The first-order chi connectivity index (χ1) is 12.2. The zero-order chi connectivity index (χ0) is 22.2. The van der Waals surface area contributed by atoms with Crippen LogP contribution in [0.5, 0.6) is 0 Å². The van der Waals surface area contributed by atoms with Gasteiger partial charge >= 0.3 is 0 Å². The summed E-state index contributed by atoms with van der Waals surface area (Å²) in [5.41, 5.74) is 6.60. The van der Waals surface area contributed by atoms with Gasteiger partial charge in [-0.25, -0.2) is 0 Å². The van der Waals surface area contributed by atoms with Gasteiger partial charge in [0, 0.05) is 5.41 Å². The lowest BCUT2D eigenvalue weighted by Crippen LogP contribution is -2.25. The monoisotopic (exact) mass is 372 g/mol. The topological polar surface area (TPSA) is 0 Å². The molecule has 0 bridgehead atoms. The van der Waals surface area contributed by atoms with Gasteiger partial charge in [-0.15, -0.1) is 0 Å². The molecular weight excluding hydrogens is 324 g/mol. The molecule has 0 aromatic heterocycles. The average Bonchev–Trinajstić information content (AvgIpc) is 2.56. The second-order valence-corrected chi connectivity index (χ2v) is 9.49. The summed E-state index contributed by atoms with van der Waals surface area (Å²) in [5.74, 6) is 0. The molecule has 27 heavy (non-hydrogen) atoms. The Kier molecular flexibility index (Phi) is 11.3. The van der Waals surface area contributed by atoms with Crippen molar-refractivity contribution in [2.75, 3.05) is 0 Å². The molecular formula is C27H48. The molecule has 0 unspecified atom stereocenters. The minimum Gasteiger partial charge on any atom is -0.0953 e. The first-order valence-corrected chi connectivity index (χ1v) is 10.7. The highest BCUT2D eigenvalue weighted by Gasteiger charge is 2.33. The Hall–Kier alpha value is -1.30. The van der Waals surface area contributed by atoms with Crippen molar-refractivity contribution in [1.82, 2.24) is 0 Å². The minimum atomic E-state index is -0.0174. The lowest BCUT2D eigenvalue weighted by atomic mass is 9.66. The van der Waals surface area contributed by atoms with Crippen molar-refractivity contribution in [2.24, 2.45) is 16.2 Å². The zero-order valence-corrected chi connectivity index (χ0v) is 20.7. The third-order valence-corrected chi connectivity index (χ3v) is 5.23. The van der Waals surface area contributed by atoms with Crippen molar-refractivity contribution >= 4 is 0 Å². The molecule has 1 aliphatic carbocycles. The molecule has 0 N–H and O–H groups in total. The average molecular weight is 373 g/mol. The van der Waals surface area contributed by atoms with Crippen LogP contribution in [0, 0.1) is 16.2 Å². The summed E-state index contributed by atoms with van der Waals surface area (Å²) in [6, 6.07) is 0. The molecule has 0 spiro atoms. The lowest BCUT2D eigenvalue weighted by Gasteiger charge is -2.38. The van der Waals surface area contributed by atoms with Crippen LogP contribution in [-0.4, -0.2) is 0 Å². The van der Waals surface area contributed by atoms with Crippen LogP contribution in [0.2, 0.25) is 0 Å². The Morgan fingerprint density at radius 3 is 1.52 bits per heavy atom. The molecule has 0 aliphatic heterocycles. The van der Waals surface area contributed by atoms with Gasteiger partial charge in [0.05, 0.1) is 0 Å². The summed E-state index contributed by atoms with van der Waals surface area (Å²) in [6.45, 7) is 38.8. The largest absolute Gasteiger partial charge is 0.0953 e. The van der Waals surface area contributed by atoms with E-state index in [4.69, 9.17) is 0 Å². The normalized spacial score (nSPS) is 19.6. The Bertz CT molecular complexity index is 575. The van der Waals surface area contributed by atoms with Crippen LogP contribution < -0.4 is 0 Å². The van der Waals surface area contributed by atoms with Crippen LogP contribution in [0.3, 0.4) is 0 Å². The molecule has 1 fully saturated rings. The summed E-state index contributed by atoms with van der Waals surface area (Å²) in [5, 5.41) is 0. The predicted octanol–water partition coefficient (Wildman–Crippen LogP) is 9.47. The third-order valence-electron chi connectivity index (χ3n) is 5.23. The highest BCUT2D eigenvalue weighted by atomic mass is 14.4. The fraction of sp³-hybridized carbons (Fsp3) is 0.630. The Morgan fingerprint density at radius 1 is 0.778 bits per heavy atom. The van der Waals surface area contributed by atoms with Crippen LogP contribution in [0.15, 0.2) is 59.8 Å². The first-order valence-electron chi connectivity index (χ1n) is 10.7. The van der Waals surface area contributed by atoms with E-state index in [0.29, 0.717) is 0 Å². The molecule has 0 heteroatoms. The highest BCUT2D eigenvalue weighted by molar-refractivity contribution is 5.48. The SMILES string of the molecule is C=C(/C=C1/CC/C(=C/C(=C)C(C)(C)C)C(C)(C)C1=C)C(C)(C)C.CC.CC. The zero-order valence-electron chi connectivity index (χ0n) is 20.7. The van der Waals surface area contributed by atoms with Gasteiger partial charge in [0.25, 0.3) is 0 Å². The molecule has 0 radical (unpaired) electrons. The molecule has 0 amide bonds. The standard InChI is InChI=1S/C23H36.2C2H6/c1-16(21(4,5)6)14-19-12-13-20(23(10,11)18(19)3)15-17(2)22(7,8)9;2*1-2/h14-15H,1-3,12-13H2,4-11H3;2*1-2H3/b19-14-,20-15-;;. The molecule has 1 aliphatic rings. The van der Waals surface area contributed by atoms with Gasteiger partial charge in [-0.05, 0) is 46.0 Å². The van der Waals surface area contributed by atoms with Gasteiger partial charge < -0.3 is 0 Å². The molecule has 0 saturated heterocycles. The molecule has 1 saturated carbocycles. The smallest absolute Gasteiger partial charge is 0.0105 e. The third kappa shape index (κ3) is 8.08. The van der Waals surface area contributed by atoms with E-state index >= 15 is 0 Å². The van der Waals surface area contributed by atoms with Gasteiger partial charge in [-0.1, -0.05) is 121 Å². The fourth-order valence-electron chi connectivity index (χ4n) is 2.59. The van der Waals surface area contributed by atoms with E-state index in [0.717, 1.165) is 12.8 Å². The molecule has 156 valence electrons. The van der Waals surface area contributed by atoms with Crippen LogP contribution in [0.4, 0.5) is 0 Å². The van der Waals surface area contributed by atoms with Crippen LogP contribution in [0.25, 0.3) is 0 Å². The maximum atomic E-state index is 4.42. The van der Waals surface area contributed by atoms with Crippen LogP contribution in [-0.2, 0) is 0 Å². The van der Waals surface area contributed by atoms with Gasteiger partial charge in [-0.2, -0.15) is 0 Å². The van der Waals surface area contributed by atoms with Crippen molar-refractivity contribution in [3.63, 3.8) is 0 Å². The van der Waals surface area contributed by atoms with Crippen molar-refractivity contribution in [3.05, 3.63) is 59.8 Å². The van der Waals surface area contributed by atoms with E-state index in [2.05, 4.69) is 87.3 Å². The lowest BCUT2D eigenvalue weighted by molar-refractivity contribution is 0.477. The Morgan fingerprint density at radius 2 is 1.15 bits per heavy atom. The van der Waals surface area contributed by atoms with Crippen molar-refractivity contribution < 1.29 is 0 Å². The van der Waals surface area contributed by atoms with Crippen LogP contribution >= 0.6 is 0 Å². The molecule has 1 rings (SSSR count). The van der Waals surface area contributed by atoms with Crippen LogP contribution in [0.1, 0.15) is 95.9 Å². The van der Waals surface area contributed by atoms with Crippen molar-refractivity contribution in [1.29, 1.82) is 0 Å². The maximum Gasteiger partial charge on any atom is 0.0105 e. The van der Waals surface area contributed by atoms with E-state index in [1.54, 1.807) is 0 Å². The van der Waals surface area contributed by atoms with Crippen molar-refractivity contribution in [3.8, 4) is 0 Å². The van der Waals surface area contributed by atoms with Gasteiger partial charge in [0.1, 0.15) is 0 Å². The van der Waals surface area contributed by atoms with Gasteiger partial charge in [-0.3, -0.25) is 0 Å². The second kappa shape index (κ2) is 10.9. The van der Waals surface area contributed by atoms with E-state index in [1.807, 2.05) is 27.7 Å². The van der Waals surface area contributed by atoms with E-state index in [-0.39, 0.29) is 16.2 Å². The molecule has 0 heterocycles. The first kappa shape index (κ1) is 27.9. The van der Waals surface area contributed by atoms with Gasteiger partial charge in [0.2, 0.25) is 0 Å². The molecule has 0 aromatic carbocycles. The summed E-state index contributed by atoms with van der Waals surface area (Å²) in [6.07, 6.45) is 6.69. The summed E-state index contributed by atoms with van der Waals surface area (Å²) in [4.78, 5) is 0. The summed E-state index contributed by atoms with van der Waals surface area (Å²) >= 11 is 0. The molecule has 0 atom stereocenters. The van der Waals surface area contributed by atoms with E-state index in [9.17, 15) is 0 Å². The van der Waals surface area contributed by atoms with Gasteiger partial charge in [0.15, 0.2) is 0 Å². The maximum absolute atomic E-state index is 4.42. The summed E-state index contributed by atoms with van der Waals surface area (Å²) < 4.78 is 0. The van der Waals surface area contributed by atoms with Crippen molar-refractivity contribution in [2.45, 2.75) is 95.9 Å². The Balaban J connectivity index is 0. The highest BCUT2D eigenvalue weighted by Crippen LogP contribution is 2.48. The number of hydrogen-bond acceptors (Lipinski definition) is 0. The molecule has 0 aromatic rings. The quantitative estimate of drug-likeness (QED) is 0.452. The predicted molar refractivity (Wildman–Crippen MR) is 128 cm³/mol. The second-order valence-electron chi connectivity index (χ2n) is 9.49. The number of allylic oxidation sites excluding steroid dienone is 7. The van der Waals surface area contributed by atoms with E-state index in [1.165, 1.54) is 27.9 Å².